The summed E-state index contributed by atoms with van der Waals surface area (Å²) in [5, 5.41) is 9.39. The minimum atomic E-state index is -4.06. The normalized spacial score (nSPS) is 13.1. The second-order valence-electron chi connectivity index (χ2n) is 4.70. The van der Waals surface area contributed by atoms with Crippen LogP contribution < -0.4 is 4.72 Å². The molecule has 0 amide bonds. The Balaban J connectivity index is 2.34. The van der Waals surface area contributed by atoms with Gasteiger partial charge in [-0.15, -0.1) is 0 Å². The predicted octanol–water partition coefficient (Wildman–Crippen LogP) is 2.15. The highest BCUT2D eigenvalue weighted by atomic mass is 32.2. The monoisotopic (exact) mass is 309 g/mol. The molecule has 0 spiro atoms. The topological polar surface area (TPSA) is 66.4 Å². The summed E-state index contributed by atoms with van der Waals surface area (Å²) >= 11 is 0. The van der Waals surface area contributed by atoms with Gasteiger partial charge in [-0.2, -0.15) is 0 Å². The molecule has 0 aliphatic carbocycles. The van der Waals surface area contributed by atoms with Crippen LogP contribution in [0.2, 0.25) is 0 Å². The predicted molar refractivity (Wildman–Crippen MR) is 77.7 cm³/mol. The maximum absolute atomic E-state index is 13.7. The minimum absolute atomic E-state index is 0.420. The van der Waals surface area contributed by atoms with Crippen LogP contribution in [0.3, 0.4) is 0 Å². The van der Waals surface area contributed by atoms with Gasteiger partial charge in [0.1, 0.15) is 10.7 Å². The first-order chi connectivity index (χ1) is 9.94. The lowest BCUT2D eigenvalue weighted by Crippen LogP contribution is -2.31. The van der Waals surface area contributed by atoms with E-state index in [0.717, 1.165) is 6.07 Å². The van der Waals surface area contributed by atoms with Gasteiger partial charge < -0.3 is 5.11 Å². The fourth-order valence-electron chi connectivity index (χ4n) is 1.96. The maximum Gasteiger partial charge on any atom is 0.244 e. The van der Waals surface area contributed by atoms with Crippen molar-refractivity contribution in [3.63, 3.8) is 0 Å². The number of benzene rings is 2. The summed E-state index contributed by atoms with van der Waals surface area (Å²) in [6, 6.07) is 11.7. The first kappa shape index (κ1) is 15.6. The molecule has 0 saturated carbocycles. The van der Waals surface area contributed by atoms with E-state index in [2.05, 4.69) is 4.72 Å². The van der Waals surface area contributed by atoms with Crippen molar-refractivity contribution in [3.8, 4) is 0 Å². The summed E-state index contributed by atoms with van der Waals surface area (Å²) in [4.78, 5) is -0.420. The lowest BCUT2D eigenvalue weighted by Gasteiger charge is -2.17. The summed E-state index contributed by atoms with van der Waals surface area (Å²) in [6.07, 6.45) is 0. The molecular weight excluding hydrogens is 293 g/mol. The molecule has 0 unspecified atom stereocenters. The third-order valence-electron chi connectivity index (χ3n) is 3.06. The fraction of sp³-hybridized carbons (Fsp3) is 0.200. The molecule has 112 valence electrons. The van der Waals surface area contributed by atoms with E-state index in [9.17, 15) is 17.9 Å². The molecular formula is C15H16FNO3S. The molecule has 0 radical (unpaired) electrons. The number of hydrogen-bond donors (Lipinski definition) is 2. The Kier molecular flexibility index (Phi) is 4.72. The molecule has 0 aliphatic rings. The van der Waals surface area contributed by atoms with E-state index in [1.807, 2.05) is 0 Å². The number of aliphatic hydroxyl groups is 1. The van der Waals surface area contributed by atoms with Crippen molar-refractivity contribution in [2.75, 3.05) is 6.61 Å². The van der Waals surface area contributed by atoms with Crippen LogP contribution in [-0.2, 0) is 10.0 Å². The van der Waals surface area contributed by atoms with E-state index in [-0.39, 0.29) is 0 Å². The molecule has 21 heavy (non-hydrogen) atoms. The van der Waals surface area contributed by atoms with Gasteiger partial charge in [0, 0.05) is 0 Å². The van der Waals surface area contributed by atoms with Crippen LogP contribution in [0.5, 0.6) is 0 Å². The Morgan fingerprint density at radius 2 is 1.86 bits per heavy atom. The van der Waals surface area contributed by atoms with Crippen LogP contribution in [0.15, 0.2) is 53.4 Å². The van der Waals surface area contributed by atoms with Crippen molar-refractivity contribution in [2.45, 2.75) is 17.9 Å². The van der Waals surface area contributed by atoms with E-state index in [1.165, 1.54) is 12.1 Å². The molecule has 0 aromatic heterocycles. The Bertz CT molecular complexity index is 717. The lowest BCUT2D eigenvalue weighted by atomic mass is 10.1. The number of rotatable bonds is 5. The Hall–Kier alpha value is -1.76. The number of nitrogens with one attached hydrogen (secondary N) is 1. The zero-order valence-electron chi connectivity index (χ0n) is 11.5. The van der Waals surface area contributed by atoms with Crippen LogP contribution in [-0.4, -0.2) is 20.1 Å². The van der Waals surface area contributed by atoms with Crippen LogP contribution in [0.4, 0.5) is 4.39 Å². The zero-order chi connectivity index (χ0) is 15.5. The highest BCUT2D eigenvalue weighted by Crippen LogP contribution is 2.20. The average molecular weight is 309 g/mol. The molecule has 0 bridgehead atoms. The smallest absolute Gasteiger partial charge is 0.244 e. The highest BCUT2D eigenvalue weighted by Gasteiger charge is 2.23. The van der Waals surface area contributed by atoms with E-state index in [1.54, 1.807) is 37.3 Å². The Morgan fingerprint density at radius 1 is 1.19 bits per heavy atom. The first-order valence-corrected chi connectivity index (χ1v) is 7.86. The summed E-state index contributed by atoms with van der Waals surface area (Å²) in [6.45, 7) is 1.26. The third-order valence-corrected chi connectivity index (χ3v) is 4.54. The largest absolute Gasteiger partial charge is 0.394 e. The molecule has 4 nitrogen and oxygen atoms in total. The summed E-state index contributed by atoms with van der Waals surface area (Å²) < 4.78 is 40.6. The summed E-state index contributed by atoms with van der Waals surface area (Å²) in [5.74, 6) is -0.821. The van der Waals surface area contributed by atoms with Gasteiger partial charge in [0.25, 0.3) is 0 Å². The summed E-state index contributed by atoms with van der Waals surface area (Å²) in [5.41, 5.74) is 1.24. The highest BCUT2D eigenvalue weighted by molar-refractivity contribution is 7.89. The number of halogens is 1. The maximum atomic E-state index is 13.7. The van der Waals surface area contributed by atoms with Crippen LogP contribution in [0, 0.1) is 12.7 Å². The van der Waals surface area contributed by atoms with Gasteiger partial charge in [-0.25, -0.2) is 17.5 Å². The van der Waals surface area contributed by atoms with Gasteiger partial charge in [-0.3, -0.25) is 0 Å². The standard InChI is InChI=1S/C15H16FNO3S/c1-11-7-8-13(16)15(9-11)21(19,20)17-14(10-18)12-5-3-2-4-6-12/h2-9,14,17-18H,10H2,1H3/t14-/m1/s1. The minimum Gasteiger partial charge on any atom is -0.394 e. The second-order valence-corrected chi connectivity index (χ2v) is 6.38. The molecule has 2 aromatic carbocycles. The van der Waals surface area contributed by atoms with Crippen molar-refractivity contribution >= 4 is 10.0 Å². The molecule has 2 aromatic rings. The van der Waals surface area contributed by atoms with Crippen molar-refractivity contribution in [2.24, 2.45) is 0 Å². The third kappa shape index (κ3) is 3.66. The molecule has 0 aliphatic heterocycles. The van der Waals surface area contributed by atoms with Gasteiger partial charge in [-0.05, 0) is 30.2 Å². The van der Waals surface area contributed by atoms with Gasteiger partial charge in [-0.1, -0.05) is 36.4 Å². The average Bonchev–Trinajstić information content (AvgIpc) is 2.48. The van der Waals surface area contributed by atoms with Gasteiger partial charge in [0.05, 0.1) is 12.6 Å². The lowest BCUT2D eigenvalue weighted by molar-refractivity contribution is 0.258. The van der Waals surface area contributed by atoms with Gasteiger partial charge in [0.15, 0.2) is 0 Å². The number of sulfonamides is 1. The molecule has 2 rings (SSSR count). The number of hydrogen-bond acceptors (Lipinski definition) is 3. The first-order valence-electron chi connectivity index (χ1n) is 6.38. The van der Waals surface area contributed by atoms with Crippen LogP contribution >= 0.6 is 0 Å². The Morgan fingerprint density at radius 3 is 2.48 bits per heavy atom. The quantitative estimate of drug-likeness (QED) is 0.889. The molecule has 1 atom stereocenters. The molecule has 0 saturated heterocycles. The molecule has 0 heterocycles. The molecule has 2 N–H and O–H groups in total. The zero-order valence-corrected chi connectivity index (χ0v) is 12.3. The van der Waals surface area contributed by atoms with Crippen LogP contribution in [0.1, 0.15) is 17.2 Å². The van der Waals surface area contributed by atoms with E-state index < -0.39 is 33.4 Å². The molecule has 0 fully saturated rings. The van der Waals surface area contributed by atoms with Gasteiger partial charge >= 0.3 is 0 Å². The summed E-state index contributed by atoms with van der Waals surface area (Å²) in [7, 11) is -4.06. The number of aliphatic hydroxyl groups excluding tert-OH is 1. The van der Waals surface area contributed by atoms with Crippen molar-refractivity contribution < 1.29 is 17.9 Å². The van der Waals surface area contributed by atoms with Crippen LogP contribution in [0.25, 0.3) is 0 Å². The van der Waals surface area contributed by atoms with Gasteiger partial charge in [0.2, 0.25) is 10.0 Å². The second kappa shape index (κ2) is 6.34. The van der Waals surface area contributed by atoms with Crippen molar-refractivity contribution in [1.29, 1.82) is 0 Å². The SMILES string of the molecule is Cc1ccc(F)c(S(=O)(=O)N[C@H](CO)c2ccccc2)c1. The molecule has 6 heteroatoms. The van der Waals surface area contributed by atoms with E-state index in [4.69, 9.17) is 0 Å². The van der Waals surface area contributed by atoms with Crippen molar-refractivity contribution in [1.82, 2.24) is 4.72 Å². The van der Waals surface area contributed by atoms with Crippen molar-refractivity contribution in [3.05, 3.63) is 65.5 Å². The van der Waals surface area contributed by atoms with E-state index >= 15 is 0 Å². The van der Waals surface area contributed by atoms with E-state index in [0.29, 0.717) is 11.1 Å². The number of aryl methyl sites for hydroxylation is 1. The fourth-order valence-corrected chi connectivity index (χ4v) is 3.34. The Labute approximate surface area is 123 Å².